The Balaban J connectivity index is 1.44. The highest BCUT2D eigenvalue weighted by atomic mass is 16.5. The summed E-state index contributed by atoms with van der Waals surface area (Å²) in [5.41, 5.74) is 3.33. The number of aromatic nitrogens is 2. The molecule has 27 heavy (non-hydrogen) atoms. The second kappa shape index (κ2) is 6.68. The predicted octanol–water partition coefficient (Wildman–Crippen LogP) is 2.65. The molecule has 3 aromatic rings. The van der Waals surface area contributed by atoms with E-state index in [9.17, 15) is 14.4 Å². The van der Waals surface area contributed by atoms with Crippen LogP contribution in [0.5, 0.6) is 0 Å². The summed E-state index contributed by atoms with van der Waals surface area (Å²) in [5, 5.41) is 0. The summed E-state index contributed by atoms with van der Waals surface area (Å²) in [6.45, 7) is 2.03. The fraction of sp³-hybridized carbons (Fsp3) is 0.200. The van der Waals surface area contributed by atoms with Crippen LogP contribution in [0.2, 0.25) is 0 Å². The number of hydrogen-bond donors (Lipinski definition) is 0. The Morgan fingerprint density at radius 3 is 2.48 bits per heavy atom. The third kappa shape index (κ3) is 3.19. The average molecular weight is 363 g/mol. The molecule has 3 heterocycles. The third-order valence-corrected chi connectivity index (χ3v) is 4.49. The number of aryl methyl sites for hydroxylation is 1. The smallest absolute Gasteiger partial charge is 0.338 e. The van der Waals surface area contributed by atoms with Gasteiger partial charge in [-0.05, 0) is 42.8 Å². The number of carbonyl (C=O) groups is 3. The van der Waals surface area contributed by atoms with Crippen molar-refractivity contribution in [2.45, 2.75) is 26.4 Å². The lowest BCUT2D eigenvalue weighted by Gasteiger charge is -2.13. The predicted molar refractivity (Wildman–Crippen MR) is 97.2 cm³/mol. The molecule has 0 radical (unpaired) electrons. The zero-order valence-electron chi connectivity index (χ0n) is 14.7. The molecule has 7 nitrogen and oxygen atoms in total. The number of pyridine rings is 1. The number of hydrogen-bond acceptors (Lipinski definition) is 5. The molecule has 1 aromatic carbocycles. The van der Waals surface area contributed by atoms with Crippen LogP contribution in [0, 0.1) is 6.92 Å². The van der Waals surface area contributed by atoms with Gasteiger partial charge in [0.05, 0.1) is 16.9 Å². The van der Waals surface area contributed by atoms with E-state index in [0.29, 0.717) is 16.9 Å². The van der Waals surface area contributed by atoms with Crippen LogP contribution in [0.25, 0.3) is 5.65 Å². The van der Waals surface area contributed by atoms with Gasteiger partial charge in [-0.25, -0.2) is 9.78 Å². The van der Waals surface area contributed by atoms with E-state index in [2.05, 4.69) is 4.98 Å². The second-order valence-corrected chi connectivity index (χ2v) is 6.40. The molecule has 0 bridgehead atoms. The number of ether oxygens (including phenoxy) is 1. The molecule has 0 N–H and O–H groups in total. The number of benzene rings is 1. The van der Waals surface area contributed by atoms with Gasteiger partial charge in [-0.15, -0.1) is 0 Å². The quantitative estimate of drug-likeness (QED) is 0.526. The number of imidazole rings is 1. The summed E-state index contributed by atoms with van der Waals surface area (Å²) >= 11 is 0. The molecule has 0 unspecified atom stereocenters. The molecule has 136 valence electrons. The van der Waals surface area contributed by atoms with Crippen LogP contribution in [-0.2, 0) is 20.9 Å². The fourth-order valence-electron chi connectivity index (χ4n) is 3.11. The number of amides is 2. The van der Waals surface area contributed by atoms with Crippen LogP contribution < -0.4 is 4.90 Å². The minimum Gasteiger partial charge on any atom is -0.456 e. The molecule has 2 amide bonds. The first-order valence-corrected chi connectivity index (χ1v) is 8.59. The summed E-state index contributed by atoms with van der Waals surface area (Å²) < 4.78 is 7.22. The highest BCUT2D eigenvalue weighted by Gasteiger charge is 2.30. The Hall–Kier alpha value is -3.48. The molecule has 4 rings (SSSR count). The van der Waals surface area contributed by atoms with Crippen molar-refractivity contribution >= 4 is 29.1 Å². The lowest BCUT2D eigenvalue weighted by molar-refractivity contribution is -0.121. The zero-order valence-corrected chi connectivity index (χ0v) is 14.7. The lowest BCUT2D eigenvalue weighted by atomic mass is 10.2. The van der Waals surface area contributed by atoms with Crippen LogP contribution in [0.3, 0.4) is 0 Å². The van der Waals surface area contributed by atoms with E-state index in [1.165, 1.54) is 0 Å². The minimum atomic E-state index is -0.491. The molecule has 1 saturated heterocycles. The van der Waals surface area contributed by atoms with Crippen molar-refractivity contribution in [3.05, 3.63) is 65.6 Å². The third-order valence-electron chi connectivity index (χ3n) is 4.49. The first-order chi connectivity index (χ1) is 13.0. The lowest BCUT2D eigenvalue weighted by Crippen LogP contribution is -2.28. The summed E-state index contributed by atoms with van der Waals surface area (Å²) in [7, 11) is 0. The van der Waals surface area contributed by atoms with Crippen molar-refractivity contribution in [1.82, 2.24) is 9.38 Å². The Labute approximate surface area is 155 Å². The Morgan fingerprint density at radius 2 is 1.81 bits per heavy atom. The fourth-order valence-corrected chi connectivity index (χ4v) is 3.11. The van der Waals surface area contributed by atoms with Gasteiger partial charge in [0.15, 0.2) is 0 Å². The number of carbonyl (C=O) groups excluding carboxylic acids is 3. The molecular weight excluding hydrogens is 346 g/mol. The van der Waals surface area contributed by atoms with Crippen molar-refractivity contribution in [2.75, 3.05) is 4.90 Å². The van der Waals surface area contributed by atoms with Crippen molar-refractivity contribution in [3.8, 4) is 0 Å². The van der Waals surface area contributed by atoms with E-state index in [1.807, 2.05) is 35.9 Å². The number of esters is 1. The topological polar surface area (TPSA) is 81.0 Å². The number of rotatable bonds is 4. The summed E-state index contributed by atoms with van der Waals surface area (Å²) in [4.78, 5) is 41.4. The van der Waals surface area contributed by atoms with Gasteiger partial charge in [0.1, 0.15) is 12.3 Å². The molecule has 1 fully saturated rings. The normalized spacial score (nSPS) is 14.2. The van der Waals surface area contributed by atoms with Crippen LogP contribution in [0.1, 0.15) is 34.5 Å². The summed E-state index contributed by atoms with van der Waals surface area (Å²) in [6, 6.07) is 10.1. The van der Waals surface area contributed by atoms with Crippen LogP contribution in [0.15, 0.2) is 48.8 Å². The number of anilines is 1. The zero-order chi connectivity index (χ0) is 19.0. The standard InChI is InChI=1S/C20H17N3O4/c1-13-3-2-10-22-11-15(21-19(13)22)12-27-20(26)14-4-6-16(7-5-14)23-17(24)8-9-18(23)25/h2-7,10-11H,8-9,12H2,1H3. The average Bonchev–Trinajstić information content (AvgIpc) is 3.24. The summed E-state index contributed by atoms with van der Waals surface area (Å²) in [6.07, 6.45) is 4.16. The van der Waals surface area contributed by atoms with Gasteiger partial charge in [0.25, 0.3) is 0 Å². The SMILES string of the molecule is Cc1cccn2cc(COC(=O)c3ccc(N4C(=O)CCC4=O)cc3)nc12. The largest absolute Gasteiger partial charge is 0.456 e. The molecule has 1 aliphatic heterocycles. The number of nitrogens with zero attached hydrogens (tertiary/aromatic N) is 3. The van der Waals surface area contributed by atoms with Gasteiger partial charge in [0, 0.05) is 25.2 Å². The van der Waals surface area contributed by atoms with Crippen LogP contribution in [0.4, 0.5) is 5.69 Å². The molecule has 0 aliphatic carbocycles. The number of imide groups is 1. The van der Waals surface area contributed by atoms with E-state index in [0.717, 1.165) is 16.1 Å². The Kier molecular flexibility index (Phi) is 4.19. The first kappa shape index (κ1) is 17.0. The van der Waals surface area contributed by atoms with Gasteiger partial charge in [0.2, 0.25) is 11.8 Å². The minimum absolute atomic E-state index is 0.0603. The maximum atomic E-state index is 12.3. The van der Waals surface area contributed by atoms with E-state index >= 15 is 0 Å². The molecule has 1 aliphatic rings. The Morgan fingerprint density at radius 1 is 1.11 bits per heavy atom. The molecule has 0 spiro atoms. The molecule has 0 saturated carbocycles. The van der Waals surface area contributed by atoms with Gasteiger partial charge >= 0.3 is 5.97 Å². The van der Waals surface area contributed by atoms with E-state index in [1.54, 1.807) is 24.3 Å². The van der Waals surface area contributed by atoms with Gasteiger partial charge in [-0.3, -0.25) is 14.5 Å². The highest BCUT2D eigenvalue weighted by molar-refractivity contribution is 6.19. The van der Waals surface area contributed by atoms with Crippen molar-refractivity contribution in [1.29, 1.82) is 0 Å². The van der Waals surface area contributed by atoms with Crippen LogP contribution >= 0.6 is 0 Å². The molecule has 7 heteroatoms. The van der Waals surface area contributed by atoms with Gasteiger partial charge in [-0.1, -0.05) is 6.07 Å². The van der Waals surface area contributed by atoms with Crippen molar-refractivity contribution < 1.29 is 19.1 Å². The van der Waals surface area contributed by atoms with E-state index in [-0.39, 0.29) is 31.3 Å². The maximum absolute atomic E-state index is 12.3. The van der Waals surface area contributed by atoms with Crippen molar-refractivity contribution in [3.63, 3.8) is 0 Å². The second-order valence-electron chi connectivity index (χ2n) is 6.40. The monoisotopic (exact) mass is 363 g/mol. The van der Waals surface area contributed by atoms with Crippen LogP contribution in [-0.4, -0.2) is 27.2 Å². The van der Waals surface area contributed by atoms with Gasteiger partial charge < -0.3 is 9.14 Å². The maximum Gasteiger partial charge on any atom is 0.338 e. The van der Waals surface area contributed by atoms with E-state index in [4.69, 9.17) is 4.74 Å². The van der Waals surface area contributed by atoms with E-state index < -0.39 is 5.97 Å². The summed E-state index contributed by atoms with van der Waals surface area (Å²) in [5.74, 6) is -0.940. The molecule has 2 aromatic heterocycles. The Bertz CT molecular complexity index is 1040. The molecule has 0 atom stereocenters. The number of fused-ring (bicyclic) bond motifs is 1. The highest BCUT2D eigenvalue weighted by Crippen LogP contribution is 2.23. The first-order valence-electron chi connectivity index (χ1n) is 8.59. The van der Waals surface area contributed by atoms with Crippen molar-refractivity contribution in [2.24, 2.45) is 0 Å². The molecular formula is C20H17N3O4. The van der Waals surface area contributed by atoms with Gasteiger partial charge in [-0.2, -0.15) is 0 Å².